The van der Waals surface area contributed by atoms with Crippen molar-refractivity contribution in [2.45, 2.75) is 88.7 Å². The number of hydrogen-bond donors (Lipinski definition) is 3. The van der Waals surface area contributed by atoms with Crippen LogP contribution in [0, 0.1) is 0 Å². The van der Waals surface area contributed by atoms with Crippen LogP contribution in [0.15, 0.2) is 79.0 Å². The molecule has 1 amide bonds. The number of carbonyl (C=O) groups is 1. The van der Waals surface area contributed by atoms with Gasteiger partial charge in [-0.1, -0.05) is 50.3 Å². The second-order valence-electron chi connectivity index (χ2n) is 12.5. The molecular weight excluding hydrogens is 594 g/mol. The lowest BCUT2D eigenvalue weighted by Gasteiger charge is -2.32. The van der Waals surface area contributed by atoms with Crippen molar-refractivity contribution in [2.24, 2.45) is 0 Å². The van der Waals surface area contributed by atoms with Crippen LogP contribution in [0.4, 0.5) is 5.69 Å². The van der Waals surface area contributed by atoms with Crippen molar-refractivity contribution >= 4 is 22.5 Å². The number of amides is 1. The van der Waals surface area contributed by atoms with E-state index in [1.54, 1.807) is 43.6 Å². The second kappa shape index (κ2) is 16.1. The molecule has 2 saturated carbocycles. The van der Waals surface area contributed by atoms with Crippen molar-refractivity contribution in [1.29, 1.82) is 0 Å². The summed E-state index contributed by atoms with van der Waals surface area (Å²) in [5.74, 6) is 2.20. The summed E-state index contributed by atoms with van der Waals surface area (Å²) in [4.78, 5) is 17.1. The number of rotatable bonds is 14. The molecule has 2 aliphatic rings. The van der Waals surface area contributed by atoms with Crippen LogP contribution in [0.3, 0.4) is 0 Å². The lowest BCUT2D eigenvalue weighted by molar-refractivity contribution is -0.154. The summed E-state index contributed by atoms with van der Waals surface area (Å²) in [6.45, 7) is 0.376. The largest absolute Gasteiger partial charge is 0.493 e. The number of methoxy groups -OCH3 is 1. The Morgan fingerprint density at radius 3 is 2.38 bits per heavy atom. The first-order valence-corrected chi connectivity index (χ1v) is 16.9. The maximum Gasteiger partial charge on any atom is 0.255 e. The Labute approximate surface area is 276 Å². The normalized spacial score (nSPS) is 16.9. The van der Waals surface area contributed by atoms with E-state index in [1.165, 1.54) is 19.3 Å². The van der Waals surface area contributed by atoms with Crippen molar-refractivity contribution in [2.75, 3.05) is 19.0 Å². The minimum absolute atomic E-state index is 0.128. The van der Waals surface area contributed by atoms with Gasteiger partial charge in [0.1, 0.15) is 11.5 Å². The molecule has 0 radical (unpaired) electrons. The highest BCUT2D eigenvalue weighted by atomic mass is 16.6. The van der Waals surface area contributed by atoms with Gasteiger partial charge in [0.2, 0.25) is 0 Å². The number of nitrogens with one attached hydrogen (secondary N) is 2. The topological polar surface area (TPSA) is 111 Å². The van der Waals surface area contributed by atoms with E-state index >= 15 is 0 Å². The zero-order valence-corrected chi connectivity index (χ0v) is 27.0. The summed E-state index contributed by atoms with van der Waals surface area (Å²) in [5.41, 5.74) is 1.96. The average molecular weight is 640 g/mol. The molecule has 0 spiro atoms. The van der Waals surface area contributed by atoms with Gasteiger partial charge in [-0.15, -0.1) is 0 Å². The molecule has 0 saturated heterocycles. The summed E-state index contributed by atoms with van der Waals surface area (Å²) in [6, 6.07) is 22.0. The van der Waals surface area contributed by atoms with Crippen molar-refractivity contribution in [3.8, 4) is 23.0 Å². The summed E-state index contributed by atoms with van der Waals surface area (Å²) >= 11 is 0. The lowest BCUT2D eigenvalue weighted by atomic mass is 9.94. The molecule has 3 aromatic carbocycles. The van der Waals surface area contributed by atoms with E-state index in [1.807, 2.05) is 42.5 Å². The van der Waals surface area contributed by atoms with Crippen LogP contribution >= 0.6 is 0 Å². The van der Waals surface area contributed by atoms with E-state index in [-0.39, 0.29) is 18.1 Å². The molecule has 4 aromatic rings. The van der Waals surface area contributed by atoms with Crippen molar-refractivity contribution in [3.05, 3.63) is 84.6 Å². The van der Waals surface area contributed by atoms with Crippen LogP contribution in [-0.4, -0.2) is 54.2 Å². The fraction of sp³-hybridized carbons (Fsp3) is 0.421. The van der Waals surface area contributed by atoms with Crippen molar-refractivity contribution in [3.63, 3.8) is 0 Å². The average Bonchev–Trinajstić information content (AvgIpc) is 3.62. The predicted octanol–water partition coefficient (Wildman–Crippen LogP) is 7.63. The first kappa shape index (κ1) is 32.7. The van der Waals surface area contributed by atoms with E-state index in [0.717, 1.165) is 43.9 Å². The van der Waals surface area contributed by atoms with Gasteiger partial charge in [0.05, 0.1) is 31.4 Å². The molecule has 1 unspecified atom stereocenters. The third kappa shape index (κ3) is 8.80. The number of pyridine rings is 1. The van der Waals surface area contributed by atoms with Gasteiger partial charge in [-0.2, -0.15) is 0 Å². The van der Waals surface area contributed by atoms with Crippen LogP contribution < -0.4 is 24.8 Å². The molecular formula is C38H45N3O6. The summed E-state index contributed by atoms with van der Waals surface area (Å²) in [6.07, 6.45) is 11.8. The minimum Gasteiger partial charge on any atom is -0.493 e. The number of aromatic nitrogens is 1. The lowest BCUT2D eigenvalue weighted by Crippen LogP contribution is -2.48. The molecule has 2 atom stereocenters. The Hall–Kier alpha value is -4.18. The fourth-order valence-electron chi connectivity index (χ4n) is 6.51. The van der Waals surface area contributed by atoms with Gasteiger partial charge >= 0.3 is 0 Å². The molecule has 0 bridgehead atoms. The number of fused-ring (bicyclic) bond motifs is 1. The van der Waals surface area contributed by atoms with Crippen LogP contribution in [0.2, 0.25) is 0 Å². The molecule has 9 heteroatoms. The highest BCUT2D eigenvalue weighted by Crippen LogP contribution is 2.37. The highest BCUT2D eigenvalue weighted by Gasteiger charge is 2.28. The number of aliphatic hydroxyl groups excluding tert-OH is 1. The van der Waals surface area contributed by atoms with Gasteiger partial charge in [-0.3, -0.25) is 9.78 Å². The second-order valence-corrected chi connectivity index (χ2v) is 12.5. The Morgan fingerprint density at radius 1 is 0.894 bits per heavy atom. The Morgan fingerprint density at radius 2 is 1.64 bits per heavy atom. The molecule has 0 aliphatic heterocycles. The third-order valence-electron chi connectivity index (χ3n) is 9.08. The number of hydrogen-bond acceptors (Lipinski definition) is 8. The molecule has 2 fully saturated rings. The first-order valence-electron chi connectivity index (χ1n) is 16.9. The molecule has 248 valence electrons. The summed E-state index contributed by atoms with van der Waals surface area (Å²) in [7, 11) is 1.61. The van der Waals surface area contributed by atoms with Gasteiger partial charge in [0.25, 0.3) is 5.91 Å². The number of benzene rings is 3. The van der Waals surface area contributed by atoms with Crippen LogP contribution in [0.1, 0.15) is 74.6 Å². The number of anilines is 1. The van der Waals surface area contributed by atoms with Crippen LogP contribution in [0.5, 0.6) is 23.0 Å². The number of aliphatic hydroxyl groups is 1. The molecule has 2 aliphatic carbocycles. The highest BCUT2D eigenvalue weighted by molar-refractivity contribution is 6.04. The number of nitrogens with zero attached hydrogens (tertiary/aromatic N) is 1. The van der Waals surface area contributed by atoms with Crippen LogP contribution in [0.25, 0.3) is 10.9 Å². The van der Waals surface area contributed by atoms with E-state index in [0.29, 0.717) is 58.8 Å². The first-order chi connectivity index (χ1) is 23.1. The van der Waals surface area contributed by atoms with Gasteiger partial charge in [-0.05, 0) is 74.2 Å². The predicted molar refractivity (Wildman–Crippen MR) is 182 cm³/mol. The molecule has 6 rings (SSSR count). The minimum atomic E-state index is -0.877. The number of ether oxygens (including phenoxy) is 4. The van der Waals surface area contributed by atoms with Gasteiger partial charge in [0, 0.05) is 41.4 Å². The van der Waals surface area contributed by atoms with Gasteiger partial charge in [-0.25, -0.2) is 0 Å². The molecule has 1 aromatic heterocycles. The molecule has 1 heterocycles. The quantitative estimate of drug-likeness (QED) is 0.121. The van der Waals surface area contributed by atoms with E-state index in [4.69, 9.17) is 18.9 Å². The zero-order valence-electron chi connectivity index (χ0n) is 27.0. The number of carbonyl (C=O) groups excluding carboxylic acids is 1. The molecule has 47 heavy (non-hydrogen) atoms. The van der Waals surface area contributed by atoms with E-state index in [9.17, 15) is 9.90 Å². The van der Waals surface area contributed by atoms with Crippen molar-refractivity contribution in [1.82, 2.24) is 10.3 Å². The van der Waals surface area contributed by atoms with Crippen LogP contribution in [-0.2, 0) is 4.74 Å². The maximum atomic E-state index is 12.5. The molecule has 9 nitrogen and oxygen atoms in total. The summed E-state index contributed by atoms with van der Waals surface area (Å²) < 4.78 is 24.3. The monoisotopic (exact) mass is 639 g/mol. The Balaban J connectivity index is 1.11. The standard InChI is InChI=1S/C38H45N3O6/c1-44-35-24-31-33(39-22-20-34(31)46-30-18-16-28(17-19-30)41-37(42)26-10-4-2-5-11-26)25-36(35)45-23-21-32(40-27-12-6-3-7-13-27)38(43)47-29-14-8-9-15-29/h2,4-5,10-11,16-20,22,24-25,27,29,32,38,40,43H,3,6-9,12-15,21,23H2,1H3,(H,41,42)/t32-,38?/m0/s1. The van der Waals surface area contributed by atoms with E-state index in [2.05, 4.69) is 15.6 Å². The SMILES string of the molecule is COc1cc2c(Oc3ccc(NC(=O)c4ccccc4)cc3)ccnc2cc1OCC[C@H](NC1CCCCC1)C(O)OC1CCCC1. The van der Waals surface area contributed by atoms with Gasteiger partial charge < -0.3 is 34.7 Å². The maximum absolute atomic E-state index is 12.5. The molecule has 3 N–H and O–H groups in total. The zero-order chi connectivity index (χ0) is 32.4. The Kier molecular flexibility index (Phi) is 11.2. The van der Waals surface area contributed by atoms with Gasteiger partial charge in [0.15, 0.2) is 17.8 Å². The smallest absolute Gasteiger partial charge is 0.255 e. The van der Waals surface area contributed by atoms with E-state index < -0.39 is 6.29 Å². The summed E-state index contributed by atoms with van der Waals surface area (Å²) in [5, 5.41) is 18.5. The van der Waals surface area contributed by atoms with Crippen molar-refractivity contribution < 1.29 is 28.8 Å². The third-order valence-corrected chi connectivity index (χ3v) is 9.08. The fourth-order valence-corrected chi connectivity index (χ4v) is 6.51. The Bertz CT molecular complexity index is 1590.